The van der Waals surface area contributed by atoms with Gasteiger partial charge in [-0.15, -0.1) is 0 Å². The molecule has 1 aromatic heterocycles. The number of aromatic nitrogens is 1. The predicted molar refractivity (Wildman–Crippen MR) is 88.3 cm³/mol. The zero-order valence-electron chi connectivity index (χ0n) is 13.1. The quantitative estimate of drug-likeness (QED) is 0.712. The van der Waals surface area contributed by atoms with Crippen molar-refractivity contribution in [2.75, 3.05) is 0 Å². The van der Waals surface area contributed by atoms with Gasteiger partial charge in [0, 0.05) is 12.7 Å². The maximum Gasteiger partial charge on any atom is 0.253 e. The van der Waals surface area contributed by atoms with E-state index in [0.717, 1.165) is 11.6 Å². The van der Waals surface area contributed by atoms with Crippen LogP contribution >= 0.6 is 0 Å². The lowest BCUT2D eigenvalue weighted by molar-refractivity contribution is 0.0950. The number of halogens is 2. The Balaban J connectivity index is 1.58. The zero-order chi connectivity index (χ0) is 17.6. The van der Waals surface area contributed by atoms with Crippen LogP contribution in [0, 0.1) is 11.8 Å². The highest BCUT2D eigenvalue weighted by molar-refractivity contribution is 5.93. The number of pyridine rings is 1. The lowest BCUT2D eigenvalue weighted by Gasteiger charge is -2.08. The van der Waals surface area contributed by atoms with Gasteiger partial charge < -0.3 is 10.1 Å². The molecule has 2 aromatic carbocycles. The molecule has 0 spiro atoms. The summed E-state index contributed by atoms with van der Waals surface area (Å²) in [6, 6.07) is 15.5. The van der Waals surface area contributed by atoms with Crippen LogP contribution in [0.4, 0.5) is 8.78 Å². The number of hydrogen-bond donors (Lipinski definition) is 1. The van der Waals surface area contributed by atoms with Crippen LogP contribution in [0.3, 0.4) is 0 Å². The fraction of sp³-hybridized carbons (Fsp3) is 0.0526. The summed E-state index contributed by atoms with van der Waals surface area (Å²) < 4.78 is 31.8. The van der Waals surface area contributed by atoms with Gasteiger partial charge in [0.1, 0.15) is 5.75 Å². The van der Waals surface area contributed by atoms with Gasteiger partial charge in [-0.3, -0.25) is 4.79 Å². The molecule has 25 heavy (non-hydrogen) atoms. The Kier molecular flexibility index (Phi) is 4.99. The maximum absolute atomic E-state index is 13.5. The van der Waals surface area contributed by atoms with Crippen LogP contribution in [0.5, 0.6) is 11.5 Å². The fourth-order valence-electron chi connectivity index (χ4n) is 2.12. The molecule has 1 heterocycles. The summed E-state index contributed by atoms with van der Waals surface area (Å²) in [5.41, 5.74) is 1.12. The molecule has 0 unspecified atom stereocenters. The van der Waals surface area contributed by atoms with Gasteiger partial charge >= 0.3 is 0 Å². The number of rotatable bonds is 5. The highest BCUT2D eigenvalue weighted by atomic mass is 19.1. The molecule has 3 rings (SSSR count). The van der Waals surface area contributed by atoms with Crippen LogP contribution in [0.15, 0.2) is 66.9 Å². The van der Waals surface area contributed by atoms with Crippen molar-refractivity contribution in [3.05, 3.63) is 89.8 Å². The molecule has 4 nitrogen and oxygen atoms in total. The molecule has 0 aliphatic carbocycles. The average molecular weight is 340 g/mol. The SMILES string of the molecule is O=C(NCc1ccc(Oc2ccccc2F)cc1)c1ccc(F)nc1. The molecule has 0 saturated heterocycles. The Morgan fingerprint density at radius 3 is 2.44 bits per heavy atom. The summed E-state index contributed by atoms with van der Waals surface area (Å²) in [6.45, 7) is 0.288. The van der Waals surface area contributed by atoms with Crippen LogP contribution in [0.1, 0.15) is 15.9 Å². The van der Waals surface area contributed by atoms with Gasteiger partial charge in [0.2, 0.25) is 5.95 Å². The first-order valence-corrected chi connectivity index (χ1v) is 7.53. The number of benzene rings is 2. The van der Waals surface area contributed by atoms with Crippen molar-refractivity contribution in [2.24, 2.45) is 0 Å². The molecular weight excluding hydrogens is 326 g/mol. The van der Waals surface area contributed by atoms with E-state index in [-0.39, 0.29) is 23.8 Å². The first-order chi connectivity index (χ1) is 12.1. The number of hydrogen-bond acceptors (Lipinski definition) is 3. The van der Waals surface area contributed by atoms with Crippen molar-refractivity contribution in [2.45, 2.75) is 6.54 Å². The number of carbonyl (C=O) groups excluding carboxylic acids is 1. The second-order valence-corrected chi connectivity index (χ2v) is 5.23. The van der Waals surface area contributed by atoms with Gasteiger partial charge in [-0.05, 0) is 42.0 Å². The number of nitrogens with zero attached hydrogens (tertiary/aromatic N) is 1. The Labute approximate surface area is 143 Å². The standard InChI is InChI=1S/C19H14F2N2O2/c20-16-3-1-2-4-17(16)25-15-8-5-13(6-9-15)11-23-19(24)14-7-10-18(21)22-12-14/h1-10,12H,11H2,(H,23,24). The van der Waals surface area contributed by atoms with E-state index in [1.165, 1.54) is 18.3 Å². The summed E-state index contributed by atoms with van der Waals surface area (Å²) in [7, 11) is 0. The largest absolute Gasteiger partial charge is 0.454 e. The predicted octanol–water partition coefficient (Wildman–Crippen LogP) is 4.08. The highest BCUT2D eigenvalue weighted by Crippen LogP contribution is 2.24. The van der Waals surface area contributed by atoms with E-state index in [9.17, 15) is 13.6 Å². The van der Waals surface area contributed by atoms with Crippen LogP contribution in [-0.2, 0) is 6.54 Å². The third kappa shape index (κ3) is 4.38. The summed E-state index contributed by atoms with van der Waals surface area (Å²) >= 11 is 0. The van der Waals surface area contributed by atoms with Crippen molar-refractivity contribution in [3.63, 3.8) is 0 Å². The molecule has 6 heteroatoms. The van der Waals surface area contributed by atoms with E-state index in [1.54, 1.807) is 42.5 Å². The summed E-state index contributed by atoms with van der Waals surface area (Å²) in [5, 5.41) is 2.71. The number of amides is 1. The molecule has 1 N–H and O–H groups in total. The number of carbonyl (C=O) groups is 1. The second kappa shape index (κ2) is 7.53. The topological polar surface area (TPSA) is 51.2 Å². The minimum atomic E-state index is -0.637. The van der Waals surface area contributed by atoms with E-state index in [0.29, 0.717) is 5.75 Å². The number of para-hydroxylation sites is 1. The van der Waals surface area contributed by atoms with E-state index >= 15 is 0 Å². The zero-order valence-corrected chi connectivity index (χ0v) is 13.1. The molecule has 1 amide bonds. The molecular formula is C19H14F2N2O2. The Bertz CT molecular complexity index is 865. The molecule has 0 aliphatic heterocycles. The Morgan fingerprint density at radius 1 is 1.00 bits per heavy atom. The van der Waals surface area contributed by atoms with Crippen LogP contribution < -0.4 is 10.1 Å². The normalized spacial score (nSPS) is 10.3. The lowest BCUT2D eigenvalue weighted by atomic mass is 10.2. The summed E-state index contributed by atoms with van der Waals surface area (Å²) in [4.78, 5) is 15.4. The van der Waals surface area contributed by atoms with Crippen LogP contribution in [-0.4, -0.2) is 10.9 Å². The summed E-state index contributed by atoms with van der Waals surface area (Å²) in [6.07, 6.45) is 1.18. The lowest BCUT2D eigenvalue weighted by Crippen LogP contribution is -2.22. The Hall–Kier alpha value is -3.28. The van der Waals surface area contributed by atoms with Crippen LogP contribution in [0.25, 0.3) is 0 Å². The monoisotopic (exact) mass is 340 g/mol. The first-order valence-electron chi connectivity index (χ1n) is 7.53. The minimum absolute atomic E-state index is 0.146. The molecule has 0 radical (unpaired) electrons. The van der Waals surface area contributed by atoms with Crippen molar-refractivity contribution < 1.29 is 18.3 Å². The van der Waals surface area contributed by atoms with E-state index in [1.807, 2.05) is 0 Å². The van der Waals surface area contributed by atoms with E-state index in [4.69, 9.17) is 4.74 Å². The number of ether oxygens (including phenoxy) is 1. The smallest absolute Gasteiger partial charge is 0.253 e. The van der Waals surface area contributed by atoms with Gasteiger partial charge in [-0.1, -0.05) is 24.3 Å². The van der Waals surface area contributed by atoms with Gasteiger partial charge in [-0.25, -0.2) is 9.37 Å². The van der Waals surface area contributed by atoms with E-state index < -0.39 is 11.8 Å². The van der Waals surface area contributed by atoms with Crippen LogP contribution in [0.2, 0.25) is 0 Å². The summed E-state index contributed by atoms with van der Waals surface area (Å²) in [5.74, 6) is -0.789. The van der Waals surface area contributed by atoms with Crippen molar-refractivity contribution >= 4 is 5.91 Å². The molecule has 126 valence electrons. The molecule has 0 fully saturated rings. The molecule has 0 saturated carbocycles. The molecule has 0 atom stereocenters. The van der Waals surface area contributed by atoms with Gasteiger partial charge in [0.25, 0.3) is 5.91 Å². The Morgan fingerprint density at radius 2 is 1.76 bits per heavy atom. The maximum atomic E-state index is 13.5. The van der Waals surface area contributed by atoms with Gasteiger partial charge in [-0.2, -0.15) is 4.39 Å². The molecule has 3 aromatic rings. The number of nitrogens with one attached hydrogen (secondary N) is 1. The van der Waals surface area contributed by atoms with Crippen molar-refractivity contribution in [1.29, 1.82) is 0 Å². The second-order valence-electron chi connectivity index (χ2n) is 5.23. The van der Waals surface area contributed by atoms with Crippen molar-refractivity contribution in [3.8, 4) is 11.5 Å². The van der Waals surface area contributed by atoms with Crippen molar-refractivity contribution in [1.82, 2.24) is 10.3 Å². The van der Waals surface area contributed by atoms with Gasteiger partial charge in [0.05, 0.1) is 5.56 Å². The third-order valence-corrected chi connectivity index (χ3v) is 3.43. The fourth-order valence-corrected chi connectivity index (χ4v) is 2.12. The third-order valence-electron chi connectivity index (χ3n) is 3.43. The highest BCUT2D eigenvalue weighted by Gasteiger charge is 2.07. The average Bonchev–Trinajstić information content (AvgIpc) is 2.63. The molecule has 0 bridgehead atoms. The first kappa shape index (κ1) is 16.6. The van der Waals surface area contributed by atoms with Gasteiger partial charge in [0.15, 0.2) is 11.6 Å². The molecule has 0 aliphatic rings. The minimum Gasteiger partial charge on any atom is -0.454 e. The van der Waals surface area contributed by atoms with E-state index in [2.05, 4.69) is 10.3 Å².